The summed E-state index contributed by atoms with van der Waals surface area (Å²) in [5.74, 6) is -0.926. The van der Waals surface area contributed by atoms with Crippen LogP contribution >= 0.6 is 11.6 Å². The van der Waals surface area contributed by atoms with Crippen LogP contribution in [0.15, 0.2) is 24.4 Å². The first kappa shape index (κ1) is 15.6. The summed E-state index contributed by atoms with van der Waals surface area (Å²) in [6.07, 6.45) is 3.24. The fourth-order valence-electron chi connectivity index (χ4n) is 2.39. The van der Waals surface area contributed by atoms with Gasteiger partial charge in [0.05, 0.1) is 5.56 Å². The van der Waals surface area contributed by atoms with Crippen molar-refractivity contribution >= 4 is 34.2 Å². The number of carbonyl (C=O) groups excluding carboxylic acids is 2. The molecule has 5 heteroatoms. The zero-order valence-electron chi connectivity index (χ0n) is 12.3. The van der Waals surface area contributed by atoms with Crippen LogP contribution in [0, 0.1) is 0 Å². The molecule has 2 rings (SSSR count). The summed E-state index contributed by atoms with van der Waals surface area (Å²) in [4.78, 5) is 29.5. The van der Waals surface area contributed by atoms with Crippen LogP contribution in [-0.2, 0) is 4.79 Å². The number of fused-ring (bicyclic) bond motifs is 1. The number of Topliss-reactive ketones (excluding diaryl/α,β-unsaturated/α-hetero) is 1. The van der Waals surface area contributed by atoms with Gasteiger partial charge in [-0.2, -0.15) is 0 Å². The van der Waals surface area contributed by atoms with E-state index in [0.29, 0.717) is 29.1 Å². The zero-order valence-corrected chi connectivity index (χ0v) is 13.0. The molecule has 0 aliphatic rings. The van der Waals surface area contributed by atoms with Gasteiger partial charge in [-0.15, -0.1) is 0 Å². The number of carbonyl (C=O) groups is 2. The van der Waals surface area contributed by atoms with Gasteiger partial charge in [0.25, 0.3) is 11.7 Å². The molecule has 2 aromatic rings. The van der Waals surface area contributed by atoms with E-state index in [9.17, 15) is 9.59 Å². The fourth-order valence-corrected chi connectivity index (χ4v) is 2.57. The molecule has 1 N–H and O–H groups in total. The molecule has 112 valence electrons. The number of H-pyrrole nitrogens is 1. The lowest BCUT2D eigenvalue weighted by atomic mass is 10.1. The normalized spacial score (nSPS) is 10.8. The second-order valence-corrected chi connectivity index (χ2v) is 5.45. The Morgan fingerprint density at radius 3 is 2.48 bits per heavy atom. The molecule has 1 aromatic carbocycles. The number of halogens is 1. The smallest absolute Gasteiger partial charge is 0.295 e. The van der Waals surface area contributed by atoms with Gasteiger partial charge in [-0.05, 0) is 31.0 Å². The van der Waals surface area contributed by atoms with Crippen molar-refractivity contribution in [1.29, 1.82) is 0 Å². The van der Waals surface area contributed by atoms with Gasteiger partial charge in [-0.25, -0.2) is 0 Å². The standard InChI is InChI=1S/C16H19ClN2O2/c1-3-7-19(8-4-2)16(21)15(20)13-10-18-14-6-5-11(17)9-12(13)14/h5-6,9-10,18H,3-4,7-8H2,1-2H3. The molecule has 0 radical (unpaired) electrons. The summed E-state index contributed by atoms with van der Waals surface area (Å²) < 4.78 is 0. The van der Waals surface area contributed by atoms with E-state index in [2.05, 4.69) is 4.98 Å². The van der Waals surface area contributed by atoms with Crippen molar-refractivity contribution in [2.75, 3.05) is 13.1 Å². The Balaban J connectivity index is 2.32. The Morgan fingerprint density at radius 1 is 1.19 bits per heavy atom. The number of hydrogen-bond donors (Lipinski definition) is 1. The van der Waals surface area contributed by atoms with Crippen LogP contribution in [-0.4, -0.2) is 34.7 Å². The molecule has 4 nitrogen and oxygen atoms in total. The quantitative estimate of drug-likeness (QED) is 0.654. The zero-order chi connectivity index (χ0) is 15.4. The van der Waals surface area contributed by atoms with Gasteiger partial charge in [0, 0.05) is 35.2 Å². The summed E-state index contributed by atoms with van der Waals surface area (Å²) in [6, 6.07) is 5.25. The third kappa shape index (κ3) is 3.27. The van der Waals surface area contributed by atoms with E-state index < -0.39 is 11.7 Å². The molecular formula is C16H19ClN2O2. The summed E-state index contributed by atoms with van der Waals surface area (Å²) >= 11 is 5.97. The highest BCUT2D eigenvalue weighted by Crippen LogP contribution is 2.23. The van der Waals surface area contributed by atoms with E-state index >= 15 is 0 Å². The molecule has 0 unspecified atom stereocenters. The van der Waals surface area contributed by atoms with Crippen LogP contribution in [0.2, 0.25) is 5.02 Å². The Morgan fingerprint density at radius 2 is 1.86 bits per heavy atom. The van der Waals surface area contributed by atoms with Crippen molar-refractivity contribution in [2.45, 2.75) is 26.7 Å². The molecule has 0 atom stereocenters. The van der Waals surface area contributed by atoms with E-state index in [4.69, 9.17) is 11.6 Å². The molecule has 0 bridgehead atoms. The lowest BCUT2D eigenvalue weighted by molar-refractivity contribution is -0.126. The SMILES string of the molecule is CCCN(CCC)C(=O)C(=O)c1c[nH]c2ccc(Cl)cc12. The third-order valence-corrected chi connectivity index (χ3v) is 3.59. The third-order valence-electron chi connectivity index (χ3n) is 3.36. The lowest BCUT2D eigenvalue weighted by Gasteiger charge is -2.20. The molecule has 1 aromatic heterocycles. The lowest BCUT2D eigenvalue weighted by Crippen LogP contribution is -2.37. The molecule has 0 saturated carbocycles. The van der Waals surface area contributed by atoms with E-state index in [1.54, 1.807) is 29.3 Å². The first-order chi connectivity index (χ1) is 10.1. The fraction of sp³-hybridized carbons (Fsp3) is 0.375. The van der Waals surface area contributed by atoms with Crippen molar-refractivity contribution in [2.24, 2.45) is 0 Å². The minimum absolute atomic E-state index is 0.384. The minimum Gasteiger partial charge on any atom is -0.360 e. The van der Waals surface area contributed by atoms with Crippen LogP contribution in [0.3, 0.4) is 0 Å². The molecule has 0 aliphatic heterocycles. The predicted molar refractivity (Wildman–Crippen MR) is 84.8 cm³/mol. The molecule has 0 fully saturated rings. The number of benzene rings is 1. The van der Waals surface area contributed by atoms with E-state index in [0.717, 1.165) is 18.4 Å². The highest BCUT2D eigenvalue weighted by atomic mass is 35.5. The van der Waals surface area contributed by atoms with Crippen molar-refractivity contribution < 1.29 is 9.59 Å². The average Bonchev–Trinajstić information content (AvgIpc) is 2.88. The molecule has 21 heavy (non-hydrogen) atoms. The second kappa shape index (κ2) is 6.76. The molecule has 0 aliphatic carbocycles. The van der Waals surface area contributed by atoms with Gasteiger partial charge >= 0.3 is 0 Å². The molecule has 0 spiro atoms. The van der Waals surface area contributed by atoms with Crippen LogP contribution in [0.5, 0.6) is 0 Å². The maximum absolute atomic E-state index is 12.5. The Kier molecular flexibility index (Phi) is 5.02. The van der Waals surface area contributed by atoms with Gasteiger partial charge in [0.2, 0.25) is 0 Å². The number of ketones is 1. The van der Waals surface area contributed by atoms with Gasteiger partial charge in [0.15, 0.2) is 0 Å². The minimum atomic E-state index is -0.481. The number of rotatable bonds is 6. The van der Waals surface area contributed by atoms with Crippen molar-refractivity contribution in [1.82, 2.24) is 9.88 Å². The van der Waals surface area contributed by atoms with E-state index in [1.165, 1.54) is 0 Å². The van der Waals surface area contributed by atoms with Crippen molar-refractivity contribution in [3.63, 3.8) is 0 Å². The highest BCUT2D eigenvalue weighted by Gasteiger charge is 2.24. The van der Waals surface area contributed by atoms with Crippen molar-refractivity contribution in [3.8, 4) is 0 Å². The first-order valence-electron chi connectivity index (χ1n) is 7.18. The monoisotopic (exact) mass is 306 g/mol. The number of nitrogens with one attached hydrogen (secondary N) is 1. The van der Waals surface area contributed by atoms with Gasteiger partial charge in [0.1, 0.15) is 0 Å². The van der Waals surface area contributed by atoms with Crippen LogP contribution in [0.25, 0.3) is 10.9 Å². The van der Waals surface area contributed by atoms with E-state index in [-0.39, 0.29) is 0 Å². The maximum Gasteiger partial charge on any atom is 0.295 e. The van der Waals surface area contributed by atoms with Gasteiger partial charge < -0.3 is 9.88 Å². The number of hydrogen-bond acceptors (Lipinski definition) is 2. The molecule has 0 saturated heterocycles. The molecular weight excluding hydrogens is 288 g/mol. The Bertz CT molecular complexity index is 657. The maximum atomic E-state index is 12.5. The van der Waals surface area contributed by atoms with Gasteiger partial charge in [-0.1, -0.05) is 25.4 Å². The topological polar surface area (TPSA) is 53.2 Å². The summed E-state index contributed by atoms with van der Waals surface area (Å²) in [5.41, 5.74) is 1.18. The van der Waals surface area contributed by atoms with Crippen molar-refractivity contribution in [3.05, 3.63) is 35.0 Å². The summed E-state index contributed by atoms with van der Waals surface area (Å²) in [5, 5.41) is 1.23. The highest BCUT2D eigenvalue weighted by molar-refractivity contribution is 6.45. The summed E-state index contributed by atoms with van der Waals surface area (Å²) in [7, 11) is 0. The molecule has 1 amide bonds. The largest absolute Gasteiger partial charge is 0.360 e. The van der Waals surface area contributed by atoms with Crippen LogP contribution in [0.4, 0.5) is 0 Å². The van der Waals surface area contributed by atoms with Gasteiger partial charge in [-0.3, -0.25) is 9.59 Å². The summed E-state index contributed by atoms with van der Waals surface area (Å²) in [6.45, 7) is 5.18. The average molecular weight is 307 g/mol. The predicted octanol–water partition coefficient (Wildman–Crippen LogP) is 3.65. The van der Waals surface area contributed by atoms with Crippen LogP contribution in [0.1, 0.15) is 37.0 Å². The van der Waals surface area contributed by atoms with E-state index in [1.807, 2.05) is 13.8 Å². The number of nitrogens with zero attached hydrogens (tertiary/aromatic N) is 1. The Labute approximate surface area is 129 Å². The Hall–Kier alpha value is -1.81. The molecule has 1 heterocycles. The number of aromatic amines is 1. The number of aromatic nitrogens is 1. The second-order valence-electron chi connectivity index (χ2n) is 5.01. The number of amides is 1. The first-order valence-corrected chi connectivity index (χ1v) is 7.56. The van der Waals surface area contributed by atoms with Crippen LogP contribution < -0.4 is 0 Å².